The molecule has 0 aliphatic heterocycles. The summed E-state index contributed by atoms with van der Waals surface area (Å²) >= 11 is 1.50. The van der Waals surface area contributed by atoms with E-state index in [0.29, 0.717) is 18.3 Å². The third kappa shape index (κ3) is 4.14. The van der Waals surface area contributed by atoms with Crippen molar-refractivity contribution in [2.24, 2.45) is 0 Å². The van der Waals surface area contributed by atoms with Gasteiger partial charge in [-0.1, -0.05) is 12.1 Å². The lowest BCUT2D eigenvalue weighted by Gasteiger charge is -2.14. The summed E-state index contributed by atoms with van der Waals surface area (Å²) < 4.78 is 7.30. The number of aryl methyl sites for hydroxylation is 1. The third-order valence-corrected chi connectivity index (χ3v) is 6.63. The minimum atomic E-state index is 0.333. The molecule has 0 fully saturated rings. The van der Waals surface area contributed by atoms with Crippen LogP contribution in [0.5, 0.6) is 5.88 Å². The van der Waals surface area contributed by atoms with E-state index >= 15 is 0 Å². The second-order valence-corrected chi connectivity index (χ2v) is 9.26. The number of hydrogen-bond donors (Lipinski definition) is 1. The number of H-pyrrole nitrogens is 1. The lowest BCUT2D eigenvalue weighted by molar-refractivity contribution is 0.398. The van der Waals surface area contributed by atoms with Crippen LogP contribution in [0, 0.1) is 0 Å². The zero-order valence-electron chi connectivity index (χ0n) is 18.5. The smallest absolute Gasteiger partial charge is 0.213 e. The summed E-state index contributed by atoms with van der Waals surface area (Å²) in [6.45, 7) is 4.23. The van der Waals surface area contributed by atoms with E-state index in [9.17, 15) is 0 Å². The van der Waals surface area contributed by atoms with Crippen molar-refractivity contribution in [2.75, 3.05) is 7.11 Å². The summed E-state index contributed by atoms with van der Waals surface area (Å²) in [5.74, 6) is 1.48. The lowest BCUT2D eigenvalue weighted by Crippen LogP contribution is -2.01. The standard InChI is InChI=1S/C24H26N6OS/c1-15(2)30-12-10-23(29-30)32-24-26-21(27-28-24)14-20-18-6-4-5-16(18)7-8-19(20)17-9-11-25-22(13-17)31-3/h7-13,15H,4-6,14H2,1-3H3,(H,26,27,28). The molecular weight excluding hydrogens is 420 g/mol. The van der Waals surface area contributed by atoms with E-state index in [-0.39, 0.29) is 0 Å². The molecular formula is C24H26N6OS. The Morgan fingerprint density at radius 3 is 2.88 bits per heavy atom. The Bertz CT molecular complexity index is 1250. The number of fused-ring (bicyclic) bond motifs is 1. The molecule has 32 heavy (non-hydrogen) atoms. The third-order valence-electron chi connectivity index (χ3n) is 5.83. The molecule has 1 aliphatic rings. The van der Waals surface area contributed by atoms with Crippen molar-refractivity contribution in [3.05, 3.63) is 65.2 Å². The van der Waals surface area contributed by atoms with E-state index in [1.54, 1.807) is 13.3 Å². The van der Waals surface area contributed by atoms with E-state index in [4.69, 9.17) is 4.74 Å². The Morgan fingerprint density at radius 2 is 2.06 bits per heavy atom. The number of nitrogens with one attached hydrogen (secondary N) is 1. The van der Waals surface area contributed by atoms with Crippen LogP contribution in [0.4, 0.5) is 0 Å². The molecule has 0 radical (unpaired) electrons. The molecule has 1 N–H and O–H groups in total. The van der Waals surface area contributed by atoms with Gasteiger partial charge in [0, 0.05) is 30.9 Å². The normalized spacial score (nSPS) is 13.0. The predicted molar refractivity (Wildman–Crippen MR) is 124 cm³/mol. The molecule has 0 saturated heterocycles. The molecule has 0 atom stereocenters. The van der Waals surface area contributed by atoms with Gasteiger partial charge in [0.25, 0.3) is 0 Å². The summed E-state index contributed by atoms with van der Waals surface area (Å²) in [5, 5.41) is 15.1. The van der Waals surface area contributed by atoms with Gasteiger partial charge in [0.1, 0.15) is 10.9 Å². The van der Waals surface area contributed by atoms with E-state index in [1.165, 1.54) is 40.4 Å². The molecule has 5 rings (SSSR count). The topological polar surface area (TPSA) is 81.5 Å². The minimum absolute atomic E-state index is 0.333. The maximum atomic E-state index is 5.35. The van der Waals surface area contributed by atoms with Crippen LogP contribution in [0.15, 0.2) is 52.9 Å². The number of rotatable bonds is 7. The van der Waals surface area contributed by atoms with E-state index in [1.807, 2.05) is 29.1 Å². The van der Waals surface area contributed by atoms with Crippen molar-refractivity contribution in [1.82, 2.24) is 29.9 Å². The quantitative estimate of drug-likeness (QED) is 0.436. The first-order chi connectivity index (χ1) is 15.6. The number of hydrogen-bond acceptors (Lipinski definition) is 6. The van der Waals surface area contributed by atoms with Crippen molar-refractivity contribution < 1.29 is 4.74 Å². The van der Waals surface area contributed by atoms with Gasteiger partial charge in [-0.25, -0.2) is 4.98 Å². The van der Waals surface area contributed by atoms with Gasteiger partial charge < -0.3 is 9.72 Å². The zero-order valence-corrected chi connectivity index (χ0v) is 19.3. The molecule has 0 unspecified atom stereocenters. The molecule has 0 bridgehead atoms. The second-order valence-electron chi connectivity index (χ2n) is 8.25. The van der Waals surface area contributed by atoms with Gasteiger partial charge in [-0.05, 0) is 84.8 Å². The lowest BCUT2D eigenvalue weighted by atomic mass is 9.91. The van der Waals surface area contributed by atoms with Gasteiger partial charge in [-0.15, -0.1) is 10.2 Å². The highest BCUT2D eigenvalue weighted by Gasteiger charge is 2.20. The van der Waals surface area contributed by atoms with Gasteiger partial charge in [-0.3, -0.25) is 4.68 Å². The monoisotopic (exact) mass is 446 g/mol. The van der Waals surface area contributed by atoms with Crippen LogP contribution in [0.1, 0.15) is 48.8 Å². The Hall–Kier alpha value is -3.13. The van der Waals surface area contributed by atoms with Crippen LogP contribution in [0.25, 0.3) is 11.1 Å². The van der Waals surface area contributed by atoms with Crippen LogP contribution in [-0.2, 0) is 19.3 Å². The molecule has 0 spiro atoms. The van der Waals surface area contributed by atoms with Crippen LogP contribution < -0.4 is 4.74 Å². The summed E-state index contributed by atoms with van der Waals surface area (Å²) in [6.07, 6.45) is 7.93. The fourth-order valence-corrected chi connectivity index (χ4v) is 4.95. The zero-order chi connectivity index (χ0) is 22.1. The first-order valence-electron chi connectivity index (χ1n) is 10.9. The maximum Gasteiger partial charge on any atom is 0.213 e. The molecule has 8 heteroatoms. The van der Waals surface area contributed by atoms with Gasteiger partial charge in [0.05, 0.1) is 7.11 Å². The first-order valence-corrected chi connectivity index (χ1v) is 11.7. The van der Waals surface area contributed by atoms with Crippen LogP contribution in [0.2, 0.25) is 0 Å². The van der Waals surface area contributed by atoms with Crippen LogP contribution in [0.3, 0.4) is 0 Å². The number of pyridine rings is 1. The number of aromatic nitrogens is 6. The minimum Gasteiger partial charge on any atom is -0.481 e. The van der Waals surface area contributed by atoms with E-state index in [0.717, 1.165) is 34.4 Å². The highest BCUT2D eigenvalue weighted by molar-refractivity contribution is 7.99. The van der Waals surface area contributed by atoms with E-state index < -0.39 is 0 Å². The average molecular weight is 447 g/mol. The summed E-state index contributed by atoms with van der Waals surface area (Å²) in [4.78, 5) is 7.66. The van der Waals surface area contributed by atoms with Crippen LogP contribution in [-0.4, -0.2) is 37.1 Å². The molecule has 1 aliphatic carbocycles. The van der Waals surface area contributed by atoms with Crippen molar-refractivity contribution in [1.29, 1.82) is 0 Å². The SMILES string of the molecule is COc1cc(-c2ccc3c(c2Cc2nnc(Sc4ccn(C(C)C)n4)[nH]2)CCC3)ccn1. The molecule has 3 aromatic heterocycles. The van der Waals surface area contributed by atoms with Gasteiger partial charge in [0.2, 0.25) is 5.88 Å². The highest BCUT2D eigenvalue weighted by atomic mass is 32.2. The molecule has 7 nitrogen and oxygen atoms in total. The molecule has 0 amide bonds. The Kier molecular flexibility index (Phi) is 5.70. The predicted octanol–water partition coefficient (Wildman–Crippen LogP) is 4.88. The summed E-state index contributed by atoms with van der Waals surface area (Å²) in [6, 6.07) is 10.9. The summed E-state index contributed by atoms with van der Waals surface area (Å²) in [7, 11) is 1.65. The fraction of sp³-hybridized carbons (Fsp3) is 0.333. The summed E-state index contributed by atoms with van der Waals surface area (Å²) in [5.41, 5.74) is 6.50. The average Bonchev–Trinajstić information content (AvgIpc) is 3.55. The van der Waals surface area contributed by atoms with Gasteiger partial charge >= 0.3 is 0 Å². The Morgan fingerprint density at radius 1 is 1.16 bits per heavy atom. The maximum absolute atomic E-state index is 5.35. The highest BCUT2D eigenvalue weighted by Crippen LogP contribution is 2.35. The number of aromatic amines is 1. The Balaban J connectivity index is 1.44. The van der Waals surface area contributed by atoms with E-state index in [2.05, 4.69) is 51.2 Å². The molecule has 4 aromatic rings. The van der Waals surface area contributed by atoms with Crippen molar-refractivity contribution in [3.63, 3.8) is 0 Å². The second kappa shape index (κ2) is 8.78. The number of ether oxygens (including phenoxy) is 1. The molecule has 3 heterocycles. The van der Waals surface area contributed by atoms with Gasteiger partial charge in [0.15, 0.2) is 5.16 Å². The molecule has 164 valence electrons. The van der Waals surface area contributed by atoms with Crippen molar-refractivity contribution in [3.8, 4) is 17.0 Å². The molecule has 1 aromatic carbocycles. The first kappa shape index (κ1) is 20.8. The number of benzene rings is 1. The molecule has 0 saturated carbocycles. The Labute approximate surface area is 191 Å². The largest absolute Gasteiger partial charge is 0.481 e. The number of methoxy groups -OCH3 is 1. The fourth-order valence-electron chi connectivity index (χ4n) is 4.24. The van der Waals surface area contributed by atoms with Gasteiger partial charge in [-0.2, -0.15) is 5.10 Å². The van der Waals surface area contributed by atoms with Crippen molar-refractivity contribution >= 4 is 11.8 Å². The number of nitrogens with zero attached hydrogens (tertiary/aromatic N) is 5. The van der Waals surface area contributed by atoms with Crippen LogP contribution >= 0.6 is 11.8 Å². The van der Waals surface area contributed by atoms with Crippen molar-refractivity contribution in [2.45, 2.75) is 55.8 Å².